The van der Waals surface area contributed by atoms with Crippen molar-refractivity contribution in [1.82, 2.24) is 4.90 Å². The number of carbonyl (C=O) groups is 2. The molecule has 6 nitrogen and oxygen atoms in total. The number of hydrogen-bond donors (Lipinski definition) is 1. The zero-order valence-corrected chi connectivity index (χ0v) is 13.5. The van der Waals surface area contributed by atoms with Gasteiger partial charge in [-0.2, -0.15) is 8.42 Å². The van der Waals surface area contributed by atoms with Crippen molar-refractivity contribution in [2.75, 3.05) is 18.8 Å². The van der Waals surface area contributed by atoms with Crippen LogP contribution in [0.1, 0.15) is 33.6 Å². The molecule has 21 heavy (non-hydrogen) atoms. The number of carbonyl (C=O) groups excluding carboxylic acids is 2. The summed E-state index contributed by atoms with van der Waals surface area (Å²) in [4.78, 5) is 25.3. The Morgan fingerprint density at radius 1 is 1.19 bits per heavy atom. The molecule has 0 aromatic heterocycles. The van der Waals surface area contributed by atoms with Gasteiger partial charge < -0.3 is 4.90 Å². The molecule has 7 heteroatoms. The van der Waals surface area contributed by atoms with Gasteiger partial charge in [0.25, 0.3) is 10.1 Å². The van der Waals surface area contributed by atoms with Crippen LogP contribution in [-0.4, -0.2) is 48.3 Å². The van der Waals surface area contributed by atoms with Gasteiger partial charge in [0.2, 0.25) is 0 Å². The Hall–Kier alpha value is -1.47. The number of ketones is 2. The lowest BCUT2D eigenvalue weighted by Gasteiger charge is -2.13. The van der Waals surface area contributed by atoms with Crippen molar-refractivity contribution in [3.05, 3.63) is 23.9 Å². The lowest BCUT2D eigenvalue weighted by atomic mass is 10.0. The number of Topliss-reactive ketones (excluding diaryl/α,β-unsaturated/α-hetero) is 2. The topological polar surface area (TPSA) is 91.8 Å². The second kappa shape index (κ2) is 9.46. The first-order chi connectivity index (χ1) is 9.71. The van der Waals surface area contributed by atoms with E-state index in [-0.39, 0.29) is 24.2 Å². The standard InChI is InChI=1S/C14H23NO5S/c1-4-15(5-2)10-6-8-13(12(3)16)14(17)9-7-11-21(18,19)20/h6,8,10H,4-5,7,9,11H2,1-3H3,(H,18,19,20)/b10-6+,13-8+. The molecule has 1 N–H and O–H groups in total. The third-order valence-corrected chi connectivity index (χ3v) is 3.66. The van der Waals surface area contributed by atoms with Crippen molar-refractivity contribution in [3.63, 3.8) is 0 Å². The third-order valence-electron chi connectivity index (χ3n) is 2.86. The number of rotatable bonds is 10. The molecule has 0 amide bonds. The van der Waals surface area contributed by atoms with Gasteiger partial charge in [-0.15, -0.1) is 0 Å². The Morgan fingerprint density at radius 3 is 2.19 bits per heavy atom. The van der Waals surface area contributed by atoms with Crippen molar-refractivity contribution in [3.8, 4) is 0 Å². The minimum absolute atomic E-state index is 0.0119. The van der Waals surface area contributed by atoms with Gasteiger partial charge in [0.1, 0.15) is 0 Å². The summed E-state index contributed by atoms with van der Waals surface area (Å²) in [6.07, 6.45) is 4.75. The first kappa shape index (κ1) is 19.5. The van der Waals surface area contributed by atoms with E-state index in [1.165, 1.54) is 13.0 Å². The maximum absolute atomic E-state index is 11.9. The van der Waals surface area contributed by atoms with Gasteiger partial charge in [0.05, 0.1) is 11.3 Å². The molecule has 0 bridgehead atoms. The summed E-state index contributed by atoms with van der Waals surface area (Å²) >= 11 is 0. The van der Waals surface area contributed by atoms with Gasteiger partial charge in [-0.1, -0.05) is 0 Å². The van der Waals surface area contributed by atoms with Gasteiger partial charge in [-0.3, -0.25) is 14.1 Å². The molecule has 0 atom stereocenters. The van der Waals surface area contributed by atoms with Crippen LogP contribution >= 0.6 is 0 Å². The molecule has 0 aliphatic rings. The fraction of sp³-hybridized carbons (Fsp3) is 0.571. The molecular weight excluding hydrogens is 294 g/mol. The van der Waals surface area contributed by atoms with E-state index in [0.717, 1.165) is 13.1 Å². The molecule has 0 radical (unpaired) electrons. The highest BCUT2D eigenvalue weighted by atomic mass is 32.2. The molecule has 0 fully saturated rings. The number of allylic oxidation sites excluding steroid dienone is 3. The quantitative estimate of drug-likeness (QED) is 0.216. The van der Waals surface area contributed by atoms with E-state index in [1.54, 1.807) is 12.3 Å². The Balaban J connectivity index is 4.74. The van der Waals surface area contributed by atoms with E-state index >= 15 is 0 Å². The van der Waals surface area contributed by atoms with Crippen LogP contribution in [0, 0.1) is 0 Å². The van der Waals surface area contributed by atoms with Crippen LogP contribution in [0.5, 0.6) is 0 Å². The maximum atomic E-state index is 11.9. The van der Waals surface area contributed by atoms with Crippen molar-refractivity contribution < 1.29 is 22.6 Å². The second-order valence-electron chi connectivity index (χ2n) is 4.51. The summed E-state index contributed by atoms with van der Waals surface area (Å²) in [5.74, 6) is -1.27. The van der Waals surface area contributed by atoms with Crippen LogP contribution in [0.3, 0.4) is 0 Å². The van der Waals surface area contributed by atoms with Crippen LogP contribution in [-0.2, 0) is 19.7 Å². The largest absolute Gasteiger partial charge is 0.378 e. The minimum atomic E-state index is -4.08. The summed E-state index contributed by atoms with van der Waals surface area (Å²) in [6.45, 7) is 6.91. The summed E-state index contributed by atoms with van der Waals surface area (Å²) in [5, 5.41) is 0. The summed E-state index contributed by atoms with van der Waals surface area (Å²) in [6, 6.07) is 0. The average molecular weight is 317 g/mol. The van der Waals surface area contributed by atoms with Gasteiger partial charge in [-0.25, -0.2) is 0 Å². The van der Waals surface area contributed by atoms with E-state index < -0.39 is 21.7 Å². The Bertz CT molecular complexity index is 515. The molecule has 0 aromatic carbocycles. The normalized spacial score (nSPS) is 12.7. The highest BCUT2D eigenvalue weighted by Gasteiger charge is 2.14. The van der Waals surface area contributed by atoms with E-state index in [4.69, 9.17) is 4.55 Å². The Labute approximate surface area is 126 Å². The molecule has 0 unspecified atom stereocenters. The minimum Gasteiger partial charge on any atom is -0.378 e. The lowest BCUT2D eigenvalue weighted by Crippen LogP contribution is -2.15. The average Bonchev–Trinajstić information content (AvgIpc) is 2.36. The molecule has 0 aromatic rings. The fourth-order valence-corrected chi connectivity index (χ4v) is 2.16. The second-order valence-corrected chi connectivity index (χ2v) is 6.08. The molecule has 0 rings (SSSR count). The van der Waals surface area contributed by atoms with Crippen LogP contribution < -0.4 is 0 Å². The Kier molecular flexibility index (Phi) is 8.80. The zero-order chi connectivity index (χ0) is 16.5. The summed E-state index contributed by atoms with van der Waals surface area (Å²) in [5.41, 5.74) is 0.0359. The summed E-state index contributed by atoms with van der Waals surface area (Å²) < 4.78 is 29.7. The smallest absolute Gasteiger partial charge is 0.264 e. The molecule has 0 aliphatic carbocycles. The van der Waals surface area contributed by atoms with E-state index in [0.29, 0.717) is 0 Å². The first-order valence-corrected chi connectivity index (χ1v) is 8.44. The zero-order valence-electron chi connectivity index (χ0n) is 12.7. The van der Waals surface area contributed by atoms with E-state index in [9.17, 15) is 18.0 Å². The molecule has 0 saturated carbocycles. The highest BCUT2D eigenvalue weighted by molar-refractivity contribution is 7.85. The van der Waals surface area contributed by atoms with Gasteiger partial charge in [0.15, 0.2) is 11.6 Å². The van der Waals surface area contributed by atoms with Crippen molar-refractivity contribution in [1.29, 1.82) is 0 Å². The van der Waals surface area contributed by atoms with Gasteiger partial charge in [-0.05, 0) is 45.5 Å². The van der Waals surface area contributed by atoms with Gasteiger partial charge in [0, 0.05) is 19.5 Å². The predicted molar refractivity (Wildman–Crippen MR) is 81.5 cm³/mol. The molecule has 0 heterocycles. The molecule has 0 saturated heterocycles. The van der Waals surface area contributed by atoms with Gasteiger partial charge >= 0.3 is 0 Å². The van der Waals surface area contributed by atoms with Crippen LogP contribution in [0.4, 0.5) is 0 Å². The van der Waals surface area contributed by atoms with Crippen molar-refractivity contribution in [2.45, 2.75) is 33.6 Å². The number of hydrogen-bond acceptors (Lipinski definition) is 5. The van der Waals surface area contributed by atoms with Crippen LogP contribution in [0.25, 0.3) is 0 Å². The van der Waals surface area contributed by atoms with Crippen LogP contribution in [0.2, 0.25) is 0 Å². The molecule has 0 aliphatic heterocycles. The van der Waals surface area contributed by atoms with E-state index in [1.807, 2.05) is 18.7 Å². The summed E-state index contributed by atoms with van der Waals surface area (Å²) in [7, 11) is -4.08. The molecule has 0 spiro atoms. The van der Waals surface area contributed by atoms with Crippen molar-refractivity contribution in [2.24, 2.45) is 0 Å². The molecular formula is C14H23NO5S. The van der Waals surface area contributed by atoms with Crippen LogP contribution in [0.15, 0.2) is 23.9 Å². The highest BCUT2D eigenvalue weighted by Crippen LogP contribution is 2.06. The van der Waals surface area contributed by atoms with Crippen molar-refractivity contribution >= 4 is 21.7 Å². The van der Waals surface area contributed by atoms with E-state index in [2.05, 4.69) is 0 Å². The SMILES string of the molecule is CCN(/C=C/C=C(\C(C)=O)C(=O)CCCS(=O)(=O)O)CC. The number of nitrogens with zero attached hydrogens (tertiary/aromatic N) is 1. The maximum Gasteiger partial charge on any atom is 0.264 e. The fourth-order valence-electron chi connectivity index (χ4n) is 1.65. The Morgan fingerprint density at radius 2 is 1.76 bits per heavy atom. The molecule has 120 valence electrons. The first-order valence-electron chi connectivity index (χ1n) is 6.83. The monoisotopic (exact) mass is 317 g/mol. The predicted octanol–water partition coefficient (Wildman–Crippen LogP) is 1.59. The third kappa shape index (κ3) is 9.14. The lowest BCUT2D eigenvalue weighted by molar-refractivity contribution is -0.120.